The molecule has 1 heterocycles. The highest BCUT2D eigenvalue weighted by molar-refractivity contribution is 5.96. The van der Waals surface area contributed by atoms with E-state index in [0.717, 1.165) is 0 Å². The van der Waals surface area contributed by atoms with Crippen LogP contribution in [0.3, 0.4) is 0 Å². The normalized spacial score (nSPS) is 12.1. The van der Waals surface area contributed by atoms with Gasteiger partial charge in [-0.3, -0.25) is 9.59 Å². The van der Waals surface area contributed by atoms with Crippen molar-refractivity contribution in [2.75, 3.05) is 6.61 Å². The van der Waals surface area contributed by atoms with Crippen LogP contribution in [0.4, 0.5) is 0 Å². The molecule has 0 saturated heterocycles. The molecule has 0 amide bonds. The number of rotatable bonds is 5. The van der Waals surface area contributed by atoms with E-state index in [0.29, 0.717) is 6.61 Å². The Morgan fingerprint density at radius 3 is 2.80 bits per heavy atom. The molecular weight excluding hydrogens is 196 g/mol. The quantitative estimate of drug-likeness (QED) is 0.551. The highest BCUT2D eigenvalue weighted by atomic mass is 16.5. The van der Waals surface area contributed by atoms with Crippen molar-refractivity contribution in [2.45, 2.75) is 20.3 Å². The van der Waals surface area contributed by atoms with Crippen molar-refractivity contribution in [1.82, 2.24) is 0 Å². The summed E-state index contributed by atoms with van der Waals surface area (Å²) in [4.78, 5) is 22.8. The molecule has 4 heteroatoms. The van der Waals surface area contributed by atoms with Crippen molar-refractivity contribution in [3.8, 4) is 0 Å². The molecule has 1 atom stereocenters. The van der Waals surface area contributed by atoms with Crippen LogP contribution in [0.25, 0.3) is 0 Å². The second kappa shape index (κ2) is 5.34. The third-order valence-electron chi connectivity index (χ3n) is 1.99. The second-order valence-electron chi connectivity index (χ2n) is 3.25. The molecule has 0 fully saturated rings. The van der Waals surface area contributed by atoms with Crippen LogP contribution < -0.4 is 0 Å². The fourth-order valence-electron chi connectivity index (χ4n) is 1.22. The van der Waals surface area contributed by atoms with E-state index >= 15 is 0 Å². The van der Waals surface area contributed by atoms with E-state index in [9.17, 15) is 9.59 Å². The van der Waals surface area contributed by atoms with Gasteiger partial charge in [0.2, 0.25) is 5.78 Å². The Morgan fingerprint density at radius 2 is 2.27 bits per heavy atom. The molecule has 0 unspecified atom stereocenters. The average Bonchev–Trinajstić information content (AvgIpc) is 2.69. The number of furan rings is 1. The molecule has 0 saturated carbocycles. The Hall–Kier alpha value is -1.58. The highest BCUT2D eigenvalue weighted by Crippen LogP contribution is 2.13. The van der Waals surface area contributed by atoms with Crippen molar-refractivity contribution in [2.24, 2.45) is 5.92 Å². The Bertz CT molecular complexity index is 326. The summed E-state index contributed by atoms with van der Waals surface area (Å²) in [6, 6.07) is 3.23. The molecule has 0 aliphatic heterocycles. The lowest BCUT2D eigenvalue weighted by atomic mass is 10.0. The van der Waals surface area contributed by atoms with Gasteiger partial charge in [-0.1, -0.05) is 6.92 Å². The Balaban J connectivity index is 2.51. The lowest BCUT2D eigenvalue weighted by molar-refractivity contribution is -0.143. The van der Waals surface area contributed by atoms with Gasteiger partial charge in [-0.15, -0.1) is 0 Å². The van der Waals surface area contributed by atoms with Crippen LogP contribution in [0.1, 0.15) is 30.8 Å². The minimum absolute atomic E-state index is 0.0906. The van der Waals surface area contributed by atoms with Gasteiger partial charge >= 0.3 is 5.97 Å². The van der Waals surface area contributed by atoms with Gasteiger partial charge in [-0.2, -0.15) is 0 Å². The van der Waals surface area contributed by atoms with E-state index in [1.807, 2.05) is 0 Å². The van der Waals surface area contributed by atoms with Gasteiger partial charge in [0.25, 0.3) is 0 Å². The SMILES string of the molecule is CCOC(=O)C[C@H](C)C(=O)c1ccco1. The molecule has 0 aromatic carbocycles. The third-order valence-corrected chi connectivity index (χ3v) is 1.99. The molecule has 0 spiro atoms. The maximum Gasteiger partial charge on any atom is 0.306 e. The number of ketones is 1. The van der Waals surface area contributed by atoms with Gasteiger partial charge in [0.15, 0.2) is 5.76 Å². The first kappa shape index (κ1) is 11.5. The lowest BCUT2D eigenvalue weighted by Crippen LogP contribution is -2.16. The largest absolute Gasteiger partial charge is 0.466 e. The molecule has 1 aromatic heterocycles. The summed E-state index contributed by atoms with van der Waals surface area (Å²) >= 11 is 0. The molecule has 0 N–H and O–H groups in total. The Kier molecular flexibility index (Phi) is 4.09. The number of esters is 1. The first-order chi connectivity index (χ1) is 7.15. The molecule has 0 radical (unpaired) electrons. The molecule has 0 aliphatic carbocycles. The zero-order chi connectivity index (χ0) is 11.3. The zero-order valence-corrected chi connectivity index (χ0v) is 8.86. The van der Waals surface area contributed by atoms with E-state index < -0.39 is 5.92 Å². The molecule has 0 aliphatic rings. The summed E-state index contributed by atoms with van der Waals surface area (Å²) in [5.74, 6) is -0.653. The Labute approximate surface area is 88.2 Å². The summed E-state index contributed by atoms with van der Waals surface area (Å²) in [6.07, 6.45) is 1.53. The van der Waals surface area contributed by atoms with Gasteiger partial charge < -0.3 is 9.15 Å². The molecule has 1 aromatic rings. The monoisotopic (exact) mass is 210 g/mol. The maximum atomic E-state index is 11.6. The number of Topliss-reactive ketones (excluding diaryl/α,β-unsaturated/α-hetero) is 1. The van der Waals surface area contributed by atoms with Crippen LogP contribution in [-0.2, 0) is 9.53 Å². The summed E-state index contributed by atoms with van der Waals surface area (Å²) in [6.45, 7) is 3.75. The van der Waals surface area contributed by atoms with Crippen molar-refractivity contribution >= 4 is 11.8 Å². The van der Waals surface area contributed by atoms with E-state index in [-0.39, 0.29) is 23.9 Å². The number of carbonyl (C=O) groups is 2. The minimum atomic E-state index is -0.407. The fourth-order valence-corrected chi connectivity index (χ4v) is 1.22. The molecule has 1 rings (SSSR count). The molecule has 15 heavy (non-hydrogen) atoms. The number of carbonyl (C=O) groups excluding carboxylic acids is 2. The smallest absolute Gasteiger partial charge is 0.306 e. The zero-order valence-electron chi connectivity index (χ0n) is 8.86. The fraction of sp³-hybridized carbons (Fsp3) is 0.455. The van der Waals surface area contributed by atoms with E-state index in [2.05, 4.69) is 0 Å². The van der Waals surface area contributed by atoms with Gasteiger partial charge in [0.1, 0.15) is 0 Å². The van der Waals surface area contributed by atoms with E-state index in [1.165, 1.54) is 6.26 Å². The molecule has 0 bridgehead atoms. The molecule has 82 valence electrons. The van der Waals surface area contributed by atoms with Crippen LogP contribution in [0, 0.1) is 5.92 Å². The second-order valence-corrected chi connectivity index (χ2v) is 3.25. The van der Waals surface area contributed by atoms with Gasteiger partial charge in [0, 0.05) is 5.92 Å². The number of hydrogen-bond donors (Lipinski definition) is 0. The van der Waals surface area contributed by atoms with Crippen LogP contribution in [0.5, 0.6) is 0 Å². The standard InChI is InChI=1S/C11H14O4/c1-3-14-10(12)7-8(2)11(13)9-5-4-6-15-9/h4-6,8H,3,7H2,1-2H3/t8-/m0/s1. The first-order valence-corrected chi connectivity index (χ1v) is 4.88. The lowest BCUT2D eigenvalue weighted by Gasteiger charge is -2.07. The van der Waals surface area contributed by atoms with Gasteiger partial charge in [0.05, 0.1) is 19.3 Å². The topological polar surface area (TPSA) is 56.5 Å². The highest BCUT2D eigenvalue weighted by Gasteiger charge is 2.20. The number of ether oxygens (including phenoxy) is 1. The minimum Gasteiger partial charge on any atom is -0.466 e. The average molecular weight is 210 g/mol. The predicted molar refractivity (Wildman–Crippen MR) is 53.5 cm³/mol. The van der Waals surface area contributed by atoms with Crippen LogP contribution >= 0.6 is 0 Å². The summed E-state index contributed by atoms with van der Waals surface area (Å²) in [5.41, 5.74) is 0. The predicted octanol–water partition coefficient (Wildman–Crippen LogP) is 2.05. The van der Waals surface area contributed by atoms with Gasteiger partial charge in [-0.05, 0) is 19.1 Å². The van der Waals surface area contributed by atoms with E-state index in [4.69, 9.17) is 9.15 Å². The summed E-state index contributed by atoms with van der Waals surface area (Å²) < 4.78 is 9.71. The summed E-state index contributed by atoms with van der Waals surface area (Å²) in [5, 5.41) is 0. The Morgan fingerprint density at radius 1 is 1.53 bits per heavy atom. The van der Waals surface area contributed by atoms with Crippen LogP contribution in [-0.4, -0.2) is 18.4 Å². The summed E-state index contributed by atoms with van der Waals surface area (Å²) in [7, 11) is 0. The molecule has 4 nitrogen and oxygen atoms in total. The van der Waals surface area contributed by atoms with Crippen molar-refractivity contribution < 1.29 is 18.7 Å². The maximum absolute atomic E-state index is 11.6. The van der Waals surface area contributed by atoms with Crippen LogP contribution in [0.15, 0.2) is 22.8 Å². The third kappa shape index (κ3) is 3.23. The van der Waals surface area contributed by atoms with Crippen molar-refractivity contribution in [3.05, 3.63) is 24.2 Å². The van der Waals surface area contributed by atoms with Gasteiger partial charge in [-0.25, -0.2) is 0 Å². The molecular formula is C11H14O4. The van der Waals surface area contributed by atoms with Crippen LogP contribution in [0.2, 0.25) is 0 Å². The van der Waals surface area contributed by atoms with Crippen molar-refractivity contribution in [1.29, 1.82) is 0 Å². The van der Waals surface area contributed by atoms with E-state index in [1.54, 1.807) is 26.0 Å². The van der Waals surface area contributed by atoms with Crippen molar-refractivity contribution in [3.63, 3.8) is 0 Å². The number of hydrogen-bond acceptors (Lipinski definition) is 4. The first-order valence-electron chi connectivity index (χ1n) is 4.88.